The molecule has 1 amide bonds. The number of rotatable bonds is 0. The van der Waals surface area contributed by atoms with Gasteiger partial charge in [0.2, 0.25) is 5.91 Å². The number of carbonyl (C=O) groups is 1. The van der Waals surface area contributed by atoms with Crippen molar-refractivity contribution in [1.29, 1.82) is 5.26 Å². The Morgan fingerprint density at radius 3 is 3.27 bits per heavy atom. The molecule has 0 radical (unpaired) electrons. The topological polar surface area (TPSA) is 52.9 Å². The van der Waals surface area contributed by atoms with E-state index >= 15 is 0 Å². The van der Waals surface area contributed by atoms with Crippen LogP contribution in [0, 0.1) is 29.1 Å². The van der Waals surface area contributed by atoms with E-state index < -0.39 is 0 Å². The second-order valence-corrected chi connectivity index (χ2v) is 3.02. The minimum atomic E-state index is 0.0716. The van der Waals surface area contributed by atoms with Gasteiger partial charge in [0.25, 0.3) is 0 Å². The van der Waals surface area contributed by atoms with Crippen LogP contribution in [-0.2, 0) is 4.79 Å². The predicted octanol–water partition coefficient (Wildman–Crippen LogP) is 0.406. The van der Waals surface area contributed by atoms with Gasteiger partial charge in [0, 0.05) is 18.0 Å². The van der Waals surface area contributed by atoms with Gasteiger partial charge in [-0.3, -0.25) is 4.79 Å². The van der Waals surface area contributed by atoms with E-state index in [1.165, 1.54) is 0 Å². The molecule has 56 valence electrons. The zero-order chi connectivity index (χ0) is 7.84. The molecule has 1 saturated carbocycles. The van der Waals surface area contributed by atoms with Crippen molar-refractivity contribution in [3.63, 3.8) is 0 Å². The number of allylic oxidation sites excluding steroid dienone is 1. The molecule has 0 bridgehead atoms. The highest BCUT2D eigenvalue weighted by molar-refractivity contribution is 5.82. The number of carbonyl (C=O) groups excluding carboxylic acids is 1. The summed E-state index contributed by atoms with van der Waals surface area (Å²) in [7, 11) is 0. The van der Waals surface area contributed by atoms with Gasteiger partial charge in [0.15, 0.2) is 0 Å². The second kappa shape index (κ2) is 2.09. The van der Waals surface area contributed by atoms with E-state index in [2.05, 4.69) is 11.4 Å². The molecular formula is C8H8N2O. The number of nitrogens with zero attached hydrogens (tertiary/aromatic N) is 1. The lowest BCUT2D eigenvalue weighted by atomic mass is 9.64. The largest absolute Gasteiger partial charge is 0.333 e. The Bertz CT molecular complexity index is 264. The number of hydrogen-bond acceptors (Lipinski definition) is 2. The van der Waals surface area contributed by atoms with Crippen molar-refractivity contribution in [1.82, 2.24) is 5.32 Å². The summed E-state index contributed by atoms with van der Waals surface area (Å²) in [6, 6.07) is 2.19. The number of amides is 1. The third kappa shape index (κ3) is 0.758. The second-order valence-electron chi connectivity index (χ2n) is 3.02. The fourth-order valence-corrected chi connectivity index (χ4v) is 1.71. The lowest BCUT2D eigenvalue weighted by Gasteiger charge is -2.39. The Kier molecular flexibility index (Phi) is 1.22. The Morgan fingerprint density at radius 2 is 2.55 bits per heavy atom. The zero-order valence-corrected chi connectivity index (χ0v) is 5.95. The minimum Gasteiger partial charge on any atom is -0.333 e. The Labute approximate surface area is 64.7 Å². The van der Waals surface area contributed by atoms with Gasteiger partial charge >= 0.3 is 0 Å². The molecule has 1 aliphatic carbocycles. The third-order valence-corrected chi connectivity index (χ3v) is 2.48. The molecule has 2 aliphatic rings. The van der Waals surface area contributed by atoms with Crippen LogP contribution < -0.4 is 5.32 Å². The van der Waals surface area contributed by atoms with E-state index in [1.54, 1.807) is 6.20 Å². The number of nitrogens with one attached hydrogen (secondary N) is 1. The van der Waals surface area contributed by atoms with Crippen LogP contribution in [0.15, 0.2) is 12.3 Å². The van der Waals surface area contributed by atoms with Gasteiger partial charge in [0.1, 0.15) is 0 Å². The Morgan fingerprint density at radius 1 is 1.73 bits per heavy atom. The standard InChI is InChI=1S/C8H8N2O/c9-4-5-3-7-6(5)1-2-10-8(7)11/h1-2,5-7H,3H2,(H,10,11)/t5-,6-,7?/m1/s1. The maximum absolute atomic E-state index is 11.0. The van der Waals surface area contributed by atoms with Crippen LogP contribution in [0.1, 0.15) is 6.42 Å². The maximum atomic E-state index is 11.0. The molecule has 0 aromatic heterocycles. The first-order valence-electron chi connectivity index (χ1n) is 3.69. The van der Waals surface area contributed by atoms with E-state index in [1.807, 2.05) is 6.08 Å². The predicted molar refractivity (Wildman–Crippen MR) is 38.0 cm³/mol. The average molecular weight is 148 g/mol. The molecule has 3 heteroatoms. The fourth-order valence-electron chi connectivity index (χ4n) is 1.71. The van der Waals surface area contributed by atoms with Crippen molar-refractivity contribution in [2.24, 2.45) is 17.8 Å². The van der Waals surface area contributed by atoms with Crippen LogP contribution in [0.5, 0.6) is 0 Å². The van der Waals surface area contributed by atoms with Crippen LogP contribution in [0.2, 0.25) is 0 Å². The van der Waals surface area contributed by atoms with Crippen molar-refractivity contribution in [3.8, 4) is 6.07 Å². The van der Waals surface area contributed by atoms with Crippen molar-refractivity contribution in [2.75, 3.05) is 0 Å². The fraction of sp³-hybridized carbons (Fsp3) is 0.500. The molecule has 1 heterocycles. The third-order valence-electron chi connectivity index (χ3n) is 2.48. The quantitative estimate of drug-likeness (QED) is 0.540. The normalized spacial score (nSPS) is 39.9. The van der Waals surface area contributed by atoms with E-state index in [0.717, 1.165) is 6.42 Å². The summed E-state index contributed by atoms with van der Waals surface area (Å²) in [6.45, 7) is 0. The van der Waals surface area contributed by atoms with Crippen LogP contribution in [0.4, 0.5) is 0 Å². The smallest absolute Gasteiger partial charge is 0.227 e. The maximum Gasteiger partial charge on any atom is 0.227 e. The van der Waals surface area contributed by atoms with Crippen LogP contribution in [-0.4, -0.2) is 5.91 Å². The Hall–Kier alpha value is -1.30. The summed E-state index contributed by atoms with van der Waals surface area (Å²) in [5, 5.41) is 11.2. The summed E-state index contributed by atoms with van der Waals surface area (Å²) >= 11 is 0. The van der Waals surface area contributed by atoms with E-state index in [0.29, 0.717) is 0 Å². The first-order chi connectivity index (χ1) is 5.33. The Balaban J connectivity index is 2.17. The average Bonchev–Trinajstić information content (AvgIpc) is 1.95. The van der Waals surface area contributed by atoms with Crippen LogP contribution >= 0.6 is 0 Å². The summed E-state index contributed by atoms with van der Waals surface area (Å²) in [5.74, 6) is 0.407. The first-order valence-corrected chi connectivity index (χ1v) is 3.69. The van der Waals surface area contributed by atoms with E-state index in [4.69, 9.17) is 5.26 Å². The molecule has 0 spiro atoms. The molecule has 0 aromatic rings. The van der Waals surface area contributed by atoms with Crippen molar-refractivity contribution in [2.45, 2.75) is 6.42 Å². The molecular weight excluding hydrogens is 140 g/mol. The molecule has 1 N–H and O–H groups in total. The molecule has 1 aliphatic heterocycles. The van der Waals surface area contributed by atoms with Crippen LogP contribution in [0.3, 0.4) is 0 Å². The van der Waals surface area contributed by atoms with E-state index in [9.17, 15) is 4.79 Å². The summed E-state index contributed by atoms with van der Waals surface area (Å²) in [4.78, 5) is 11.0. The first kappa shape index (κ1) is 6.41. The van der Waals surface area contributed by atoms with Gasteiger partial charge in [-0.05, 0) is 6.42 Å². The number of hydrogen-bond donors (Lipinski definition) is 1. The van der Waals surface area contributed by atoms with Gasteiger partial charge in [-0.25, -0.2) is 0 Å². The molecule has 0 saturated heterocycles. The van der Waals surface area contributed by atoms with Crippen LogP contribution in [0.25, 0.3) is 0 Å². The monoisotopic (exact) mass is 148 g/mol. The SMILES string of the molecule is N#C[C@H]1CC2C(=O)NC=C[C@@H]21. The molecule has 0 aromatic carbocycles. The zero-order valence-electron chi connectivity index (χ0n) is 5.95. The molecule has 3 atom stereocenters. The number of nitriles is 1. The molecule has 1 unspecified atom stereocenters. The molecule has 3 nitrogen and oxygen atoms in total. The molecule has 1 fully saturated rings. The summed E-state index contributed by atoms with van der Waals surface area (Å²) < 4.78 is 0. The summed E-state index contributed by atoms with van der Waals surface area (Å²) in [5.41, 5.74) is 0. The lowest BCUT2D eigenvalue weighted by molar-refractivity contribution is -0.130. The van der Waals surface area contributed by atoms with E-state index in [-0.39, 0.29) is 23.7 Å². The number of fused-ring (bicyclic) bond motifs is 1. The highest BCUT2D eigenvalue weighted by Crippen LogP contribution is 2.42. The van der Waals surface area contributed by atoms with Gasteiger partial charge in [0.05, 0.1) is 12.0 Å². The summed E-state index contributed by atoms with van der Waals surface area (Å²) in [6.07, 6.45) is 4.30. The highest BCUT2D eigenvalue weighted by atomic mass is 16.1. The van der Waals surface area contributed by atoms with Crippen molar-refractivity contribution >= 4 is 5.91 Å². The minimum absolute atomic E-state index is 0.0716. The van der Waals surface area contributed by atoms with Gasteiger partial charge < -0.3 is 5.32 Å². The van der Waals surface area contributed by atoms with Gasteiger partial charge in [-0.1, -0.05) is 6.08 Å². The van der Waals surface area contributed by atoms with Gasteiger partial charge in [-0.15, -0.1) is 0 Å². The van der Waals surface area contributed by atoms with Crippen molar-refractivity contribution < 1.29 is 4.79 Å². The highest BCUT2D eigenvalue weighted by Gasteiger charge is 2.45. The molecule has 2 rings (SSSR count). The molecule has 11 heavy (non-hydrogen) atoms. The lowest BCUT2D eigenvalue weighted by Crippen LogP contribution is -2.46. The van der Waals surface area contributed by atoms with Gasteiger partial charge in [-0.2, -0.15) is 5.26 Å². The van der Waals surface area contributed by atoms with Crippen molar-refractivity contribution in [3.05, 3.63) is 12.3 Å².